The fourth-order valence-corrected chi connectivity index (χ4v) is 5.90. The van der Waals surface area contributed by atoms with Crippen molar-refractivity contribution in [3.63, 3.8) is 0 Å². The maximum Gasteiger partial charge on any atom is 0.246 e. The smallest absolute Gasteiger partial charge is 0.246 e. The fourth-order valence-electron chi connectivity index (χ4n) is 3.91. The van der Waals surface area contributed by atoms with Crippen LogP contribution in [0.25, 0.3) is 0 Å². The van der Waals surface area contributed by atoms with Gasteiger partial charge in [-0.05, 0) is 61.4 Å². The van der Waals surface area contributed by atoms with Crippen molar-refractivity contribution in [3.05, 3.63) is 72.1 Å². The molecule has 1 saturated heterocycles. The Kier molecular flexibility index (Phi) is 7.84. The van der Waals surface area contributed by atoms with Crippen molar-refractivity contribution in [1.82, 2.24) is 9.80 Å². The minimum Gasteiger partial charge on any atom is -0.334 e. The Labute approximate surface area is 196 Å². The molecule has 10 heteroatoms. The third-order valence-electron chi connectivity index (χ3n) is 5.80. The van der Waals surface area contributed by atoms with Gasteiger partial charge < -0.3 is 4.90 Å². The Morgan fingerprint density at radius 3 is 2.48 bits per heavy atom. The van der Waals surface area contributed by atoms with E-state index in [1.165, 1.54) is 36.4 Å². The lowest BCUT2D eigenvalue weighted by Crippen LogP contribution is -2.54. The number of nitrogens with zero attached hydrogens (tertiary/aromatic N) is 2. The molecule has 7 nitrogen and oxygen atoms in total. The van der Waals surface area contributed by atoms with Gasteiger partial charge in [0.05, 0.1) is 20.9 Å². The van der Waals surface area contributed by atoms with Crippen LogP contribution in [0.3, 0.4) is 0 Å². The number of nitrogens with two attached hydrogens (primary N) is 1. The van der Waals surface area contributed by atoms with Gasteiger partial charge in [-0.25, -0.2) is 17.9 Å². The summed E-state index contributed by atoms with van der Waals surface area (Å²) in [5.74, 6) is -0.508. The molecule has 0 bridgehead atoms. The molecule has 3 atom stereocenters. The van der Waals surface area contributed by atoms with Crippen LogP contribution in [-0.4, -0.2) is 60.6 Å². The Hall–Kier alpha value is -2.40. The number of carbonyl (C=O) groups is 1. The van der Waals surface area contributed by atoms with Crippen LogP contribution in [-0.2, 0) is 25.6 Å². The molecule has 1 fully saturated rings. The zero-order valence-corrected chi connectivity index (χ0v) is 20.2. The maximum atomic E-state index is 14.4. The number of benzene rings is 2. The van der Waals surface area contributed by atoms with Gasteiger partial charge in [-0.15, -0.1) is 0 Å². The lowest BCUT2D eigenvalue weighted by atomic mass is 10.1. The second-order valence-electron chi connectivity index (χ2n) is 8.16. The molecular weight excluding hydrogens is 465 g/mol. The van der Waals surface area contributed by atoms with E-state index in [4.69, 9.17) is 5.14 Å². The Morgan fingerprint density at radius 2 is 1.94 bits per heavy atom. The predicted octanol–water partition coefficient (Wildman–Crippen LogP) is 2.35. The van der Waals surface area contributed by atoms with E-state index in [0.717, 1.165) is 0 Å². The first kappa shape index (κ1) is 25.2. The lowest BCUT2D eigenvalue weighted by Gasteiger charge is -2.40. The van der Waals surface area contributed by atoms with Crippen molar-refractivity contribution in [2.24, 2.45) is 5.14 Å². The number of hydrogen-bond donors (Lipinski definition) is 1. The predicted molar refractivity (Wildman–Crippen MR) is 126 cm³/mol. The SMILES string of the molecule is C=CC(=O)N1CCN(C[C@H](c2ccc(C)c(F)c2)S(=O)c2ccc(S(N)(=O)=O)cc2)C[C@H]1C. The number of sulfonamides is 1. The number of primary sulfonamides is 1. The second-order valence-corrected chi connectivity index (χ2v) is 11.4. The molecule has 0 aromatic heterocycles. The monoisotopic (exact) mass is 493 g/mol. The molecule has 0 spiro atoms. The number of carbonyl (C=O) groups excluding carboxylic acids is 1. The first-order chi connectivity index (χ1) is 15.5. The molecule has 2 aromatic carbocycles. The van der Waals surface area contributed by atoms with Crippen LogP contribution in [0.15, 0.2) is 64.9 Å². The van der Waals surface area contributed by atoms with E-state index < -0.39 is 26.1 Å². The number of hydrogen-bond acceptors (Lipinski definition) is 5. The third kappa shape index (κ3) is 5.94. The normalized spacial score (nSPS) is 19.2. The van der Waals surface area contributed by atoms with Crippen molar-refractivity contribution in [2.45, 2.75) is 34.9 Å². The van der Waals surface area contributed by atoms with Crippen LogP contribution in [0, 0.1) is 12.7 Å². The average Bonchev–Trinajstić information content (AvgIpc) is 2.78. The molecule has 1 amide bonds. The van der Waals surface area contributed by atoms with Gasteiger partial charge in [0, 0.05) is 37.1 Å². The summed E-state index contributed by atoms with van der Waals surface area (Å²) in [4.78, 5) is 16.2. The van der Waals surface area contributed by atoms with Crippen LogP contribution < -0.4 is 5.14 Å². The van der Waals surface area contributed by atoms with Gasteiger partial charge in [-0.3, -0.25) is 13.9 Å². The van der Waals surface area contributed by atoms with Gasteiger partial charge in [0.25, 0.3) is 0 Å². The van der Waals surface area contributed by atoms with E-state index in [0.29, 0.717) is 42.2 Å². The van der Waals surface area contributed by atoms with Gasteiger partial charge in [0.1, 0.15) is 5.82 Å². The summed E-state index contributed by atoms with van der Waals surface area (Å²) in [5.41, 5.74) is 1.08. The molecule has 1 heterocycles. The summed E-state index contributed by atoms with van der Waals surface area (Å²) in [5, 5.41) is 4.60. The summed E-state index contributed by atoms with van der Waals surface area (Å²) in [6.45, 7) is 9.19. The third-order valence-corrected chi connectivity index (χ3v) is 8.41. The van der Waals surface area contributed by atoms with Crippen molar-refractivity contribution in [3.8, 4) is 0 Å². The lowest BCUT2D eigenvalue weighted by molar-refractivity contribution is -0.130. The average molecular weight is 494 g/mol. The summed E-state index contributed by atoms with van der Waals surface area (Å²) in [7, 11) is -5.46. The standard InChI is InChI=1S/C23H28FN3O4S2/c1-4-23(28)27-12-11-26(14-17(27)3)15-22(18-6-5-16(2)21(24)13-18)32(29)19-7-9-20(10-8-19)33(25,30)31/h4-10,13,17,22H,1,11-12,14-15H2,2-3H3,(H2,25,30,31)/t17-,22-,32?/m1/s1. The molecule has 0 saturated carbocycles. The molecule has 33 heavy (non-hydrogen) atoms. The van der Waals surface area contributed by atoms with Gasteiger partial charge >= 0.3 is 0 Å². The van der Waals surface area contributed by atoms with Crippen LogP contribution in [0.1, 0.15) is 23.3 Å². The summed E-state index contributed by atoms with van der Waals surface area (Å²) < 4.78 is 51.0. The first-order valence-corrected chi connectivity index (χ1v) is 13.2. The number of piperazine rings is 1. The Bertz CT molecular complexity index is 1170. The van der Waals surface area contributed by atoms with Gasteiger partial charge in [-0.1, -0.05) is 18.7 Å². The highest BCUT2D eigenvalue weighted by atomic mass is 32.2. The van der Waals surface area contributed by atoms with E-state index in [2.05, 4.69) is 11.5 Å². The first-order valence-electron chi connectivity index (χ1n) is 10.5. The number of aryl methyl sites for hydroxylation is 1. The molecule has 1 aliphatic heterocycles. The topological polar surface area (TPSA) is 101 Å². The van der Waals surface area contributed by atoms with E-state index >= 15 is 0 Å². The second kappa shape index (κ2) is 10.3. The molecule has 0 aliphatic carbocycles. The highest BCUT2D eigenvalue weighted by molar-refractivity contribution is 7.89. The van der Waals surface area contributed by atoms with Crippen LogP contribution >= 0.6 is 0 Å². The Morgan fingerprint density at radius 1 is 1.27 bits per heavy atom. The van der Waals surface area contributed by atoms with Crippen LogP contribution in [0.4, 0.5) is 4.39 Å². The molecule has 2 aromatic rings. The van der Waals surface area contributed by atoms with Crippen LogP contribution in [0.2, 0.25) is 0 Å². The molecule has 3 rings (SSSR count). The Balaban J connectivity index is 1.89. The molecule has 0 radical (unpaired) electrons. The van der Waals surface area contributed by atoms with E-state index in [1.807, 2.05) is 6.92 Å². The molecule has 178 valence electrons. The maximum absolute atomic E-state index is 14.4. The fraction of sp³-hybridized carbons (Fsp3) is 0.348. The van der Waals surface area contributed by atoms with Crippen molar-refractivity contribution in [2.75, 3.05) is 26.2 Å². The number of amides is 1. The number of rotatable bonds is 7. The van der Waals surface area contributed by atoms with Crippen molar-refractivity contribution in [1.29, 1.82) is 0 Å². The van der Waals surface area contributed by atoms with E-state index in [-0.39, 0.29) is 22.7 Å². The molecule has 1 unspecified atom stereocenters. The summed E-state index contributed by atoms with van der Waals surface area (Å²) in [6.07, 6.45) is 1.30. The van der Waals surface area contributed by atoms with E-state index in [1.54, 1.807) is 24.0 Å². The van der Waals surface area contributed by atoms with Crippen molar-refractivity contribution >= 4 is 26.7 Å². The van der Waals surface area contributed by atoms with Crippen molar-refractivity contribution < 1.29 is 21.8 Å². The highest BCUT2D eigenvalue weighted by Gasteiger charge is 2.30. The zero-order chi connectivity index (χ0) is 24.3. The van der Waals surface area contributed by atoms with Crippen LogP contribution in [0.5, 0.6) is 0 Å². The molecule has 2 N–H and O–H groups in total. The van der Waals surface area contributed by atoms with Gasteiger partial charge in [0.2, 0.25) is 15.9 Å². The molecule has 1 aliphatic rings. The van der Waals surface area contributed by atoms with Gasteiger partial charge in [0.15, 0.2) is 0 Å². The minimum atomic E-state index is -3.87. The van der Waals surface area contributed by atoms with E-state index in [9.17, 15) is 21.8 Å². The minimum absolute atomic E-state index is 0.0536. The summed E-state index contributed by atoms with van der Waals surface area (Å²) >= 11 is 0. The largest absolute Gasteiger partial charge is 0.334 e. The highest BCUT2D eigenvalue weighted by Crippen LogP contribution is 2.29. The zero-order valence-electron chi connectivity index (χ0n) is 18.6. The molecular formula is C23H28FN3O4S2. The quantitative estimate of drug-likeness (QED) is 0.597. The number of halogens is 1. The summed E-state index contributed by atoms with van der Waals surface area (Å²) in [6, 6.07) is 10.3. The van der Waals surface area contributed by atoms with Gasteiger partial charge in [-0.2, -0.15) is 0 Å².